The fourth-order valence-corrected chi connectivity index (χ4v) is 1.38. The second kappa shape index (κ2) is 4.59. The number of hydrogen-bond donors (Lipinski definition) is 0. The van der Waals surface area contributed by atoms with Crippen molar-refractivity contribution in [1.82, 2.24) is 9.72 Å². The third kappa shape index (κ3) is 2.27. The van der Waals surface area contributed by atoms with Crippen LogP contribution in [-0.2, 0) is 0 Å². The van der Waals surface area contributed by atoms with E-state index >= 15 is 0 Å². The topological polar surface area (TPSA) is 48.0 Å². The zero-order valence-electron chi connectivity index (χ0n) is 7.18. The van der Waals surface area contributed by atoms with E-state index in [2.05, 4.69) is 25.6 Å². The minimum absolute atomic E-state index is 0. The molecule has 2 rings (SSSR count). The monoisotopic (exact) mass is 294 g/mol. The summed E-state index contributed by atoms with van der Waals surface area (Å²) in [4.78, 5) is 11.0. The van der Waals surface area contributed by atoms with Gasteiger partial charge in [-0.1, -0.05) is 5.16 Å². The van der Waals surface area contributed by atoms with Crippen molar-refractivity contribution in [2.75, 3.05) is 0 Å². The molecule has 0 radical (unpaired) electrons. The first-order valence-electron chi connectivity index (χ1n) is 3.67. The summed E-state index contributed by atoms with van der Waals surface area (Å²) >= 11 is 3.01. The highest BCUT2D eigenvalue weighted by Crippen LogP contribution is 2.18. The standard InChI is InChI=1S/C8H4BrFN2O2.ClH/c9-6-3-5(1-2-7(6)10)12-4-11-14-8(12)13;/h1-4H;1H. The second-order valence-electron chi connectivity index (χ2n) is 2.55. The van der Waals surface area contributed by atoms with Gasteiger partial charge >= 0.3 is 5.76 Å². The van der Waals surface area contributed by atoms with E-state index in [1.807, 2.05) is 0 Å². The first kappa shape index (κ1) is 11.9. The van der Waals surface area contributed by atoms with Crippen LogP contribution >= 0.6 is 28.3 Å². The second-order valence-corrected chi connectivity index (χ2v) is 3.40. The molecule has 0 saturated heterocycles. The molecular weight excluding hydrogens is 290 g/mol. The van der Waals surface area contributed by atoms with E-state index in [0.29, 0.717) is 5.69 Å². The van der Waals surface area contributed by atoms with Gasteiger partial charge in [-0.15, -0.1) is 12.4 Å². The van der Waals surface area contributed by atoms with Crippen molar-refractivity contribution in [2.24, 2.45) is 0 Å². The van der Waals surface area contributed by atoms with Crippen LogP contribution in [0.1, 0.15) is 0 Å². The van der Waals surface area contributed by atoms with Gasteiger partial charge in [0.2, 0.25) is 0 Å². The molecule has 15 heavy (non-hydrogen) atoms. The molecule has 0 aliphatic heterocycles. The first-order valence-corrected chi connectivity index (χ1v) is 4.46. The maximum absolute atomic E-state index is 12.9. The molecule has 0 bridgehead atoms. The molecule has 0 saturated carbocycles. The summed E-state index contributed by atoms with van der Waals surface area (Å²) in [5, 5.41) is 3.32. The predicted molar refractivity (Wildman–Crippen MR) is 57.0 cm³/mol. The molecule has 0 aliphatic carbocycles. The summed E-state index contributed by atoms with van der Waals surface area (Å²) in [5.41, 5.74) is 0.490. The molecular formula is C8H5BrClFN2O2. The summed E-state index contributed by atoms with van der Waals surface area (Å²) in [6, 6.07) is 4.17. The maximum atomic E-state index is 12.9. The number of halogens is 3. The lowest BCUT2D eigenvalue weighted by molar-refractivity contribution is 0.382. The molecule has 0 spiro atoms. The van der Waals surface area contributed by atoms with E-state index in [-0.39, 0.29) is 16.9 Å². The SMILES string of the molecule is Cl.O=c1oncn1-c1ccc(F)c(Br)c1. The molecule has 0 fully saturated rings. The van der Waals surface area contributed by atoms with E-state index in [9.17, 15) is 9.18 Å². The van der Waals surface area contributed by atoms with Crippen molar-refractivity contribution < 1.29 is 8.91 Å². The predicted octanol–water partition coefficient (Wildman–Crippen LogP) is 2.15. The fourth-order valence-electron chi connectivity index (χ4n) is 1.01. The Morgan fingerprint density at radius 2 is 2.20 bits per heavy atom. The highest BCUT2D eigenvalue weighted by molar-refractivity contribution is 9.10. The van der Waals surface area contributed by atoms with Crippen LogP contribution in [0.2, 0.25) is 0 Å². The maximum Gasteiger partial charge on any atom is 0.446 e. The number of aromatic nitrogens is 2. The number of nitrogens with zero attached hydrogens (tertiary/aromatic N) is 2. The lowest BCUT2D eigenvalue weighted by atomic mass is 10.3. The molecule has 0 amide bonds. The van der Waals surface area contributed by atoms with Gasteiger partial charge in [0.1, 0.15) is 12.1 Å². The third-order valence-electron chi connectivity index (χ3n) is 1.67. The van der Waals surface area contributed by atoms with Crippen molar-refractivity contribution in [2.45, 2.75) is 0 Å². The van der Waals surface area contributed by atoms with E-state index in [4.69, 9.17) is 0 Å². The Bertz CT molecular complexity index is 525. The van der Waals surface area contributed by atoms with E-state index in [0.717, 1.165) is 0 Å². The molecule has 4 nitrogen and oxygen atoms in total. The van der Waals surface area contributed by atoms with Crippen LogP contribution in [0.4, 0.5) is 4.39 Å². The van der Waals surface area contributed by atoms with Crippen LogP contribution in [-0.4, -0.2) is 9.72 Å². The molecule has 1 aromatic carbocycles. The Morgan fingerprint density at radius 3 is 2.73 bits per heavy atom. The smallest absolute Gasteiger partial charge is 0.296 e. The van der Waals surface area contributed by atoms with Gasteiger partial charge in [-0.2, -0.15) is 0 Å². The van der Waals surface area contributed by atoms with Gasteiger partial charge in [-0.05, 0) is 34.1 Å². The van der Waals surface area contributed by atoms with Gasteiger partial charge in [0.15, 0.2) is 0 Å². The average Bonchev–Trinajstić information content (AvgIpc) is 2.57. The minimum Gasteiger partial charge on any atom is -0.296 e. The van der Waals surface area contributed by atoms with Crippen LogP contribution < -0.4 is 5.76 Å². The Kier molecular flexibility index (Phi) is 3.65. The van der Waals surface area contributed by atoms with Crippen LogP contribution in [0, 0.1) is 5.82 Å². The number of hydrogen-bond acceptors (Lipinski definition) is 3. The van der Waals surface area contributed by atoms with Gasteiger partial charge in [0.25, 0.3) is 0 Å². The van der Waals surface area contributed by atoms with E-state index in [1.54, 1.807) is 0 Å². The average molecular weight is 295 g/mol. The summed E-state index contributed by atoms with van der Waals surface area (Å²) in [7, 11) is 0. The zero-order valence-corrected chi connectivity index (χ0v) is 9.59. The van der Waals surface area contributed by atoms with Crippen molar-refractivity contribution in [3.8, 4) is 5.69 Å². The normalized spacial score (nSPS) is 9.73. The molecule has 80 valence electrons. The third-order valence-corrected chi connectivity index (χ3v) is 2.28. The van der Waals surface area contributed by atoms with Gasteiger partial charge in [-0.3, -0.25) is 4.52 Å². The lowest BCUT2D eigenvalue weighted by Gasteiger charge is -1.99. The molecule has 1 aromatic heterocycles. The Morgan fingerprint density at radius 1 is 1.47 bits per heavy atom. The van der Waals surface area contributed by atoms with Crippen LogP contribution in [0.15, 0.2) is 38.3 Å². The molecule has 0 unspecified atom stereocenters. The molecule has 0 N–H and O–H groups in total. The van der Waals surface area contributed by atoms with Crippen molar-refractivity contribution in [3.63, 3.8) is 0 Å². The van der Waals surface area contributed by atoms with Crippen molar-refractivity contribution in [1.29, 1.82) is 0 Å². The van der Waals surface area contributed by atoms with Crippen LogP contribution in [0.25, 0.3) is 5.69 Å². The Labute approximate surface area is 98.2 Å². The first-order chi connectivity index (χ1) is 6.68. The molecule has 0 atom stereocenters. The Hall–Kier alpha value is -1.14. The van der Waals surface area contributed by atoms with Crippen molar-refractivity contribution in [3.05, 3.63) is 45.4 Å². The largest absolute Gasteiger partial charge is 0.446 e. The number of rotatable bonds is 1. The van der Waals surface area contributed by atoms with Gasteiger partial charge in [0, 0.05) is 0 Å². The highest BCUT2D eigenvalue weighted by Gasteiger charge is 2.05. The van der Waals surface area contributed by atoms with Gasteiger partial charge < -0.3 is 0 Å². The zero-order chi connectivity index (χ0) is 10.1. The number of benzene rings is 1. The van der Waals surface area contributed by atoms with Gasteiger partial charge in [-0.25, -0.2) is 13.8 Å². The Balaban J connectivity index is 0.00000112. The van der Waals surface area contributed by atoms with Gasteiger partial charge in [0.05, 0.1) is 10.2 Å². The van der Waals surface area contributed by atoms with E-state index in [1.165, 1.54) is 29.1 Å². The lowest BCUT2D eigenvalue weighted by Crippen LogP contribution is -2.10. The summed E-state index contributed by atoms with van der Waals surface area (Å²) in [5.74, 6) is -0.998. The molecule has 1 heterocycles. The van der Waals surface area contributed by atoms with Crippen LogP contribution in [0.5, 0.6) is 0 Å². The highest BCUT2D eigenvalue weighted by atomic mass is 79.9. The van der Waals surface area contributed by atoms with Crippen molar-refractivity contribution >= 4 is 28.3 Å². The molecule has 7 heteroatoms. The summed E-state index contributed by atoms with van der Waals surface area (Å²) in [6.07, 6.45) is 1.22. The summed E-state index contributed by atoms with van der Waals surface area (Å²) < 4.78 is 18.7. The van der Waals surface area contributed by atoms with E-state index < -0.39 is 11.6 Å². The molecule has 2 aromatic rings. The summed E-state index contributed by atoms with van der Waals surface area (Å²) in [6.45, 7) is 0. The quantitative estimate of drug-likeness (QED) is 0.810. The minimum atomic E-state index is -0.608. The molecule has 0 aliphatic rings. The fraction of sp³-hybridized carbons (Fsp3) is 0. The van der Waals surface area contributed by atoms with Crippen LogP contribution in [0.3, 0.4) is 0 Å².